The lowest BCUT2D eigenvalue weighted by atomic mass is 9.79. The monoisotopic (exact) mass is 317 g/mol. The van der Waals surface area contributed by atoms with Gasteiger partial charge in [0.1, 0.15) is 0 Å². The molecule has 1 rings (SSSR count). The molecule has 0 aromatic heterocycles. The third kappa shape index (κ3) is 4.91. The number of hydrogen-bond acceptors (Lipinski definition) is 1. The Kier molecular flexibility index (Phi) is 6.16. The lowest BCUT2D eigenvalue weighted by Crippen LogP contribution is -2.43. The predicted octanol–water partition coefficient (Wildman–Crippen LogP) is 4.13. The third-order valence-corrected chi connectivity index (χ3v) is 5.26. The number of nitrogens with one attached hydrogen (secondary N) is 1. The van der Waals surface area contributed by atoms with Crippen molar-refractivity contribution in [2.24, 2.45) is 17.3 Å². The molecule has 3 unspecified atom stereocenters. The van der Waals surface area contributed by atoms with Crippen molar-refractivity contribution in [3.63, 3.8) is 0 Å². The van der Waals surface area contributed by atoms with Gasteiger partial charge in [-0.05, 0) is 30.1 Å². The summed E-state index contributed by atoms with van der Waals surface area (Å²) in [5.74, 6) is 1.27. The summed E-state index contributed by atoms with van der Waals surface area (Å²) in [5.41, 5.74) is 0.207. The summed E-state index contributed by atoms with van der Waals surface area (Å²) in [6, 6.07) is 0.387. The van der Waals surface area contributed by atoms with E-state index in [1.807, 2.05) is 0 Å². The molecule has 1 N–H and O–H groups in total. The molecule has 0 aromatic rings. The van der Waals surface area contributed by atoms with E-state index >= 15 is 0 Å². The molecule has 0 bridgehead atoms. The number of hydrogen-bond donors (Lipinski definition) is 1. The van der Waals surface area contributed by atoms with Crippen LogP contribution in [0.5, 0.6) is 0 Å². The molecule has 106 valence electrons. The first kappa shape index (κ1) is 16.0. The summed E-state index contributed by atoms with van der Waals surface area (Å²) in [7, 11) is 0. The van der Waals surface area contributed by atoms with Crippen LogP contribution in [0.4, 0.5) is 0 Å². The summed E-state index contributed by atoms with van der Waals surface area (Å²) >= 11 is 3.57. The van der Waals surface area contributed by atoms with Crippen LogP contribution in [0.1, 0.15) is 59.8 Å². The number of halogens is 1. The maximum Gasteiger partial charge on any atom is 0.220 e. The highest BCUT2D eigenvalue weighted by atomic mass is 79.9. The van der Waals surface area contributed by atoms with Gasteiger partial charge in [0, 0.05) is 17.8 Å². The van der Waals surface area contributed by atoms with Crippen molar-refractivity contribution in [3.05, 3.63) is 0 Å². The summed E-state index contributed by atoms with van der Waals surface area (Å²) in [6.45, 7) is 8.77. The van der Waals surface area contributed by atoms with Crippen molar-refractivity contribution in [1.82, 2.24) is 5.32 Å². The second-order valence-corrected chi connectivity index (χ2v) is 7.49. The quantitative estimate of drug-likeness (QED) is 0.776. The van der Waals surface area contributed by atoms with Crippen LogP contribution in [0, 0.1) is 17.3 Å². The number of rotatable bonds is 4. The molecule has 1 amide bonds. The molecule has 3 atom stereocenters. The first-order valence-corrected chi connectivity index (χ1v) is 8.32. The zero-order chi connectivity index (χ0) is 13.8. The zero-order valence-electron chi connectivity index (χ0n) is 12.3. The molecular weight excluding hydrogens is 290 g/mol. The van der Waals surface area contributed by atoms with Crippen molar-refractivity contribution in [2.45, 2.75) is 65.8 Å². The molecule has 0 aromatic carbocycles. The summed E-state index contributed by atoms with van der Waals surface area (Å²) in [6.07, 6.45) is 5.59. The van der Waals surface area contributed by atoms with Crippen LogP contribution in [0.25, 0.3) is 0 Å². The van der Waals surface area contributed by atoms with Gasteiger partial charge in [0.05, 0.1) is 0 Å². The highest BCUT2D eigenvalue weighted by molar-refractivity contribution is 9.09. The van der Waals surface area contributed by atoms with E-state index in [9.17, 15) is 4.79 Å². The van der Waals surface area contributed by atoms with Gasteiger partial charge in [-0.25, -0.2) is 0 Å². The van der Waals surface area contributed by atoms with Gasteiger partial charge in [-0.1, -0.05) is 56.5 Å². The first-order chi connectivity index (χ1) is 8.34. The van der Waals surface area contributed by atoms with Gasteiger partial charge in [0.2, 0.25) is 5.91 Å². The number of amides is 1. The lowest BCUT2D eigenvalue weighted by Gasteiger charge is -2.32. The van der Waals surface area contributed by atoms with Crippen LogP contribution in [0.3, 0.4) is 0 Å². The summed E-state index contributed by atoms with van der Waals surface area (Å²) < 4.78 is 0. The van der Waals surface area contributed by atoms with Gasteiger partial charge < -0.3 is 5.32 Å². The average Bonchev–Trinajstić information content (AvgIpc) is 2.28. The minimum atomic E-state index is 0.207. The van der Waals surface area contributed by atoms with Gasteiger partial charge in [0.15, 0.2) is 0 Å². The van der Waals surface area contributed by atoms with Gasteiger partial charge >= 0.3 is 0 Å². The summed E-state index contributed by atoms with van der Waals surface area (Å²) in [4.78, 5) is 12.1. The van der Waals surface area contributed by atoms with Gasteiger partial charge in [-0.2, -0.15) is 0 Å². The Morgan fingerprint density at radius 1 is 1.33 bits per heavy atom. The van der Waals surface area contributed by atoms with Crippen molar-refractivity contribution in [1.29, 1.82) is 0 Å². The van der Waals surface area contributed by atoms with Crippen LogP contribution in [-0.4, -0.2) is 17.3 Å². The zero-order valence-corrected chi connectivity index (χ0v) is 13.8. The minimum absolute atomic E-state index is 0.207. The Morgan fingerprint density at radius 2 is 1.94 bits per heavy atom. The normalized spacial score (nSPS) is 26.7. The molecule has 1 fully saturated rings. The topological polar surface area (TPSA) is 29.1 Å². The highest BCUT2D eigenvalue weighted by Crippen LogP contribution is 2.29. The molecule has 3 heteroatoms. The molecular formula is C15H28BrNO. The molecule has 0 aliphatic heterocycles. The van der Waals surface area contributed by atoms with Crippen molar-refractivity contribution in [2.75, 3.05) is 5.33 Å². The Bertz CT molecular complexity index is 272. The Balaban J connectivity index is 2.43. The predicted molar refractivity (Wildman–Crippen MR) is 80.9 cm³/mol. The smallest absolute Gasteiger partial charge is 0.220 e. The summed E-state index contributed by atoms with van der Waals surface area (Å²) in [5, 5.41) is 4.26. The highest BCUT2D eigenvalue weighted by Gasteiger charge is 2.27. The Hall–Kier alpha value is -0.0500. The molecule has 1 aliphatic carbocycles. The van der Waals surface area contributed by atoms with E-state index in [0.717, 1.165) is 11.8 Å². The Labute approximate surface area is 120 Å². The Morgan fingerprint density at radius 3 is 2.50 bits per heavy atom. The molecule has 0 radical (unpaired) electrons. The van der Waals surface area contributed by atoms with E-state index in [-0.39, 0.29) is 11.3 Å². The van der Waals surface area contributed by atoms with Crippen molar-refractivity contribution in [3.8, 4) is 0 Å². The molecule has 0 spiro atoms. The van der Waals surface area contributed by atoms with Crippen molar-refractivity contribution >= 4 is 21.8 Å². The van der Waals surface area contributed by atoms with Crippen molar-refractivity contribution < 1.29 is 4.79 Å². The molecule has 1 saturated carbocycles. The third-order valence-electron chi connectivity index (χ3n) is 4.42. The standard InChI is InChI=1S/C15H28BrNO/c1-11(15(2,3)4)9-14(18)17-13-8-6-5-7-12(13)10-16/h11-13H,5-10H2,1-4H3,(H,17,18). The van der Waals surface area contributed by atoms with E-state index in [0.29, 0.717) is 24.3 Å². The molecule has 2 nitrogen and oxygen atoms in total. The second kappa shape index (κ2) is 6.93. The van der Waals surface area contributed by atoms with Gasteiger partial charge in [-0.3, -0.25) is 4.79 Å². The second-order valence-electron chi connectivity index (χ2n) is 6.84. The van der Waals surface area contributed by atoms with Crippen LogP contribution >= 0.6 is 15.9 Å². The van der Waals surface area contributed by atoms with E-state index in [4.69, 9.17) is 0 Å². The van der Waals surface area contributed by atoms with Gasteiger partial charge in [-0.15, -0.1) is 0 Å². The minimum Gasteiger partial charge on any atom is -0.353 e. The largest absolute Gasteiger partial charge is 0.353 e. The lowest BCUT2D eigenvalue weighted by molar-refractivity contribution is -0.123. The molecule has 18 heavy (non-hydrogen) atoms. The number of carbonyl (C=O) groups excluding carboxylic acids is 1. The van der Waals surface area contributed by atoms with Crippen LogP contribution in [-0.2, 0) is 4.79 Å². The van der Waals surface area contributed by atoms with E-state index in [1.54, 1.807) is 0 Å². The average molecular weight is 318 g/mol. The number of carbonyl (C=O) groups is 1. The fourth-order valence-electron chi connectivity index (χ4n) is 2.43. The fraction of sp³-hybridized carbons (Fsp3) is 0.933. The van der Waals surface area contributed by atoms with E-state index < -0.39 is 0 Å². The van der Waals surface area contributed by atoms with Crippen LogP contribution in [0.2, 0.25) is 0 Å². The van der Waals surface area contributed by atoms with Gasteiger partial charge in [0.25, 0.3) is 0 Å². The molecule has 0 saturated heterocycles. The molecule has 0 heterocycles. The van der Waals surface area contributed by atoms with E-state index in [1.165, 1.54) is 19.3 Å². The van der Waals surface area contributed by atoms with Crippen LogP contribution in [0.15, 0.2) is 0 Å². The number of alkyl halides is 1. The first-order valence-electron chi connectivity index (χ1n) is 7.20. The fourth-order valence-corrected chi connectivity index (χ4v) is 3.21. The van der Waals surface area contributed by atoms with Crippen LogP contribution < -0.4 is 5.32 Å². The van der Waals surface area contributed by atoms with E-state index in [2.05, 4.69) is 48.9 Å². The SMILES string of the molecule is CC(CC(=O)NC1CCCCC1CBr)C(C)(C)C. The molecule has 1 aliphatic rings. The maximum absolute atomic E-state index is 12.1. The maximum atomic E-state index is 12.1.